The lowest BCUT2D eigenvalue weighted by Crippen LogP contribution is -2.28. The molecule has 7 nitrogen and oxygen atoms in total. The summed E-state index contributed by atoms with van der Waals surface area (Å²) in [6.45, 7) is -0.228. The quantitative estimate of drug-likeness (QED) is 0.401. The molecule has 0 atom stereocenters. The molecule has 0 saturated carbocycles. The molecule has 2 aromatic carbocycles. The average Bonchev–Trinajstić information content (AvgIpc) is 3.32. The molecular weight excluding hydrogens is 485 g/mol. The van der Waals surface area contributed by atoms with E-state index in [4.69, 9.17) is 0 Å². The Labute approximate surface area is 186 Å². The minimum atomic E-state index is -0.452. The first-order chi connectivity index (χ1) is 15.0. The highest BCUT2D eigenvalue weighted by atomic mass is 79.9. The van der Waals surface area contributed by atoms with Crippen LogP contribution in [0, 0.1) is 5.82 Å². The number of thiophene rings is 1. The van der Waals surface area contributed by atoms with Crippen molar-refractivity contribution in [2.24, 2.45) is 0 Å². The molecule has 0 aliphatic rings. The van der Waals surface area contributed by atoms with E-state index in [1.54, 1.807) is 24.3 Å². The molecule has 0 aliphatic carbocycles. The van der Waals surface area contributed by atoms with E-state index in [0.29, 0.717) is 21.6 Å². The van der Waals surface area contributed by atoms with Gasteiger partial charge in [-0.05, 0) is 42.0 Å². The predicted octanol–water partition coefficient (Wildman–Crippen LogP) is 4.31. The van der Waals surface area contributed by atoms with E-state index in [-0.39, 0.29) is 18.3 Å². The summed E-state index contributed by atoms with van der Waals surface area (Å²) < 4.78 is 17.3. The highest BCUT2D eigenvalue weighted by molar-refractivity contribution is 9.10. The maximum atomic E-state index is 13.3. The van der Waals surface area contributed by atoms with E-state index in [1.807, 2.05) is 17.5 Å². The van der Waals surface area contributed by atoms with Crippen molar-refractivity contribution in [1.29, 1.82) is 0 Å². The lowest BCUT2D eigenvalue weighted by molar-refractivity contribution is -0.117. The second kappa shape index (κ2) is 7.71. The molecule has 5 rings (SSSR count). The second-order valence-electron chi connectivity index (χ2n) is 6.77. The Bertz CT molecular complexity index is 1490. The van der Waals surface area contributed by atoms with Gasteiger partial charge in [-0.1, -0.05) is 28.1 Å². The molecule has 0 saturated heterocycles. The fourth-order valence-electron chi connectivity index (χ4n) is 3.24. The number of carbonyl (C=O) groups is 1. The largest absolute Gasteiger partial charge is 0.352 e. The molecule has 0 bridgehead atoms. The number of amides is 1. The molecule has 154 valence electrons. The summed E-state index contributed by atoms with van der Waals surface area (Å²) in [6, 6.07) is 13.3. The van der Waals surface area contributed by atoms with Gasteiger partial charge < -0.3 is 5.32 Å². The number of hydrogen-bond acceptors (Lipinski definition) is 5. The Morgan fingerprint density at radius 3 is 2.61 bits per heavy atom. The molecule has 0 aliphatic heterocycles. The first kappa shape index (κ1) is 19.6. The topological polar surface area (TPSA) is 81.3 Å². The number of halogens is 2. The van der Waals surface area contributed by atoms with Crippen molar-refractivity contribution in [3.8, 4) is 11.1 Å². The van der Waals surface area contributed by atoms with Crippen molar-refractivity contribution in [3.05, 3.63) is 81.0 Å². The Hall–Kier alpha value is -3.37. The molecule has 0 fully saturated rings. The van der Waals surface area contributed by atoms with E-state index < -0.39 is 5.69 Å². The van der Waals surface area contributed by atoms with Crippen LogP contribution < -0.4 is 11.0 Å². The molecule has 1 N–H and O–H groups in total. The van der Waals surface area contributed by atoms with Gasteiger partial charge in [0.25, 0.3) is 0 Å². The van der Waals surface area contributed by atoms with Crippen molar-refractivity contribution in [2.75, 3.05) is 5.32 Å². The molecule has 31 heavy (non-hydrogen) atoms. The third kappa shape index (κ3) is 3.64. The normalized spacial score (nSPS) is 11.3. The van der Waals surface area contributed by atoms with Gasteiger partial charge in [-0.15, -0.1) is 16.4 Å². The van der Waals surface area contributed by atoms with Gasteiger partial charge in [0.15, 0.2) is 5.65 Å². The molecule has 10 heteroatoms. The van der Waals surface area contributed by atoms with Crippen LogP contribution in [-0.2, 0) is 11.3 Å². The van der Waals surface area contributed by atoms with Crippen molar-refractivity contribution in [2.45, 2.75) is 6.54 Å². The average molecular weight is 498 g/mol. The van der Waals surface area contributed by atoms with Crippen LogP contribution in [0.5, 0.6) is 0 Å². The summed E-state index contributed by atoms with van der Waals surface area (Å²) in [6.07, 6.45) is 1.40. The number of aromatic nitrogens is 4. The monoisotopic (exact) mass is 497 g/mol. The molecule has 0 unspecified atom stereocenters. The smallest absolute Gasteiger partial charge is 0.324 e. The molecule has 5 aromatic rings. The maximum Gasteiger partial charge on any atom is 0.352 e. The molecule has 1 amide bonds. The Morgan fingerprint density at radius 2 is 1.87 bits per heavy atom. The van der Waals surface area contributed by atoms with E-state index in [9.17, 15) is 14.0 Å². The van der Waals surface area contributed by atoms with Gasteiger partial charge >= 0.3 is 5.69 Å². The lowest BCUT2D eigenvalue weighted by Gasteiger charge is -2.04. The van der Waals surface area contributed by atoms with E-state index in [0.717, 1.165) is 20.3 Å². The minimum absolute atomic E-state index is 0.228. The van der Waals surface area contributed by atoms with Crippen molar-refractivity contribution in [1.82, 2.24) is 19.2 Å². The minimum Gasteiger partial charge on any atom is -0.324 e. The van der Waals surface area contributed by atoms with Gasteiger partial charge in [0.05, 0.1) is 10.2 Å². The lowest BCUT2D eigenvalue weighted by atomic mass is 10.1. The summed E-state index contributed by atoms with van der Waals surface area (Å²) in [4.78, 5) is 29.5. The van der Waals surface area contributed by atoms with Gasteiger partial charge in [0.1, 0.15) is 18.7 Å². The fourth-order valence-corrected chi connectivity index (χ4v) is 4.51. The second-order valence-corrected chi connectivity index (χ2v) is 8.56. The standard InChI is InChI=1S/C21H13BrFN5O2S/c22-13-3-7-15(8-4-13)25-17(29)9-28-21(30)27-11-24-18-16(10-31-19(18)20(27)26-28)12-1-5-14(23)6-2-12/h1-8,10-11H,9H2,(H,25,29). The summed E-state index contributed by atoms with van der Waals surface area (Å²) >= 11 is 4.73. The Morgan fingerprint density at radius 1 is 1.13 bits per heavy atom. The van der Waals surface area contributed by atoms with Crippen LogP contribution in [0.3, 0.4) is 0 Å². The van der Waals surface area contributed by atoms with Crippen molar-refractivity contribution >= 4 is 54.7 Å². The molecule has 3 heterocycles. The van der Waals surface area contributed by atoms with Crippen LogP contribution in [-0.4, -0.2) is 25.1 Å². The number of hydrogen-bond donors (Lipinski definition) is 1. The van der Waals surface area contributed by atoms with Crippen molar-refractivity contribution < 1.29 is 9.18 Å². The zero-order valence-corrected chi connectivity index (χ0v) is 18.2. The first-order valence-electron chi connectivity index (χ1n) is 9.16. The number of nitrogens with one attached hydrogen (secondary N) is 1. The van der Waals surface area contributed by atoms with E-state index in [2.05, 4.69) is 31.3 Å². The maximum absolute atomic E-state index is 13.3. The number of fused-ring (bicyclic) bond motifs is 3. The third-order valence-corrected chi connectivity index (χ3v) is 6.21. The number of anilines is 1. The van der Waals surface area contributed by atoms with Gasteiger partial charge in [-0.25, -0.2) is 23.3 Å². The molecule has 0 spiro atoms. The number of carbonyl (C=O) groups excluding carboxylic acids is 1. The third-order valence-electron chi connectivity index (χ3n) is 4.72. The van der Waals surface area contributed by atoms with Gasteiger partial charge in [-0.2, -0.15) is 0 Å². The number of benzene rings is 2. The van der Waals surface area contributed by atoms with Crippen LogP contribution in [0.2, 0.25) is 0 Å². The van der Waals surface area contributed by atoms with Crippen LogP contribution in [0.15, 0.2) is 69.5 Å². The number of nitrogens with zero attached hydrogens (tertiary/aromatic N) is 4. The van der Waals surface area contributed by atoms with Crippen LogP contribution in [0.25, 0.3) is 27.0 Å². The Kier molecular flexibility index (Phi) is 4.87. The van der Waals surface area contributed by atoms with Crippen LogP contribution >= 0.6 is 27.3 Å². The predicted molar refractivity (Wildman–Crippen MR) is 121 cm³/mol. The summed E-state index contributed by atoms with van der Waals surface area (Å²) in [5.41, 5.74) is 2.91. The summed E-state index contributed by atoms with van der Waals surface area (Å²) in [5.74, 6) is -0.680. The molecular formula is C21H13BrFN5O2S. The van der Waals surface area contributed by atoms with Crippen LogP contribution in [0.1, 0.15) is 0 Å². The summed E-state index contributed by atoms with van der Waals surface area (Å²) in [5, 5.41) is 9.01. The van der Waals surface area contributed by atoms with Crippen molar-refractivity contribution in [3.63, 3.8) is 0 Å². The van der Waals surface area contributed by atoms with Crippen LogP contribution in [0.4, 0.5) is 10.1 Å². The zero-order valence-electron chi connectivity index (χ0n) is 15.8. The Balaban J connectivity index is 1.49. The van der Waals surface area contributed by atoms with Gasteiger partial charge in [0.2, 0.25) is 5.91 Å². The molecule has 0 radical (unpaired) electrons. The zero-order chi connectivity index (χ0) is 21.5. The number of rotatable bonds is 4. The highest BCUT2D eigenvalue weighted by Gasteiger charge is 2.17. The SMILES string of the molecule is O=C(Cn1nc2c3scc(-c4ccc(F)cc4)c3ncn2c1=O)Nc1ccc(Br)cc1. The molecule has 3 aromatic heterocycles. The fraction of sp³-hybridized carbons (Fsp3) is 0.0476. The van der Waals surface area contributed by atoms with E-state index in [1.165, 1.54) is 34.2 Å². The van der Waals surface area contributed by atoms with E-state index >= 15 is 0 Å². The van der Waals surface area contributed by atoms with Gasteiger partial charge in [0, 0.05) is 21.1 Å². The highest BCUT2D eigenvalue weighted by Crippen LogP contribution is 2.34. The summed E-state index contributed by atoms with van der Waals surface area (Å²) in [7, 11) is 0. The van der Waals surface area contributed by atoms with Gasteiger partial charge in [-0.3, -0.25) is 4.79 Å². The first-order valence-corrected chi connectivity index (χ1v) is 10.8.